The maximum atomic E-state index is 13.1. The zero-order valence-corrected chi connectivity index (χ0v) is 16.1. The summed E-state index contributed by atoms with van der Waals surface area (Å²) in [7, 11) is 1.50. The Hall–Kier alpha value is -3.13. The van der Waals surface area contributed by atoms with Crippen LogP contribution in [0.3, 0.4) is 0 Å². The lowest BCUT2D eigenvalue weighted by molar-refractivity contribution is -0.142. The molecule has 0 spiro atoms. The molecule has 1 atom stereocenters. The number of benzene rings is 2. The Morgan fingerprint density at radius 3 is 2.62 bits per heavy atom. The van der Waals surface area contributed by atoms with Gasteiger partial charge in [0.25, 0.3) is 5.91 Å². The molecule has 1 aliphatic heterocycles. The van der Waals surface area contributed by atoms with E-state index in [0.29, 0.717) is 23.6 Å². The number of ether oxygens (including phenoxy) is 3. The normalized spacial score (nSPS) is 18.9. The number of carbonyl (C=O) groups is 2. The monoisotopic (exact) mass is 402 g/mol. The van der Waals surface area contributed by atoms with Crippen molar-refractivity contribution >= 4 is 11.8 Å². The van der Waals surface area contributed by atoms with Gasteiger partial charge in [-0.1, -0.05) is 12.1 Å². The number of amides is 2. The molecular weight excluding hydrogens is 379 g/mol. The third-order valence-corrected chi connectivity index (χ3v) is 4.68. The highest BCUT2D eigenvalue weighted by atomic mass is 19.1. The van der Waals surface area contributed by atoms with Crippen LogP contribution in [0.1, 0.15) is 16.8 Å². The number of hydrogen-bond donors (Lipinski definition) is 1. The molecule has 29 heavy (non-hydrogen) atoms. The van der Waals surface area contributed by atoms with Gasteiger partial charge >= 0.3 is 0 Å². The van der Waals surface area contributed by atoms with Gasteiger partial charge in [-0.05, 0) is 36.4 Å². The zero-order valence-electron chi connectivity index (χ0n) is 16.1. The molecule has 8 heteroatoms. The van der Waals surface area contributed by atoms with Gasteiger partial charge in [-0.3, -0.25) is 9.59 Å². The van der Waals surface area contributed by atoms with Crippen LogP contribution in [0.25, 0.3) is 0 Å². The van der Waals surface area contributed by atoms with Crippen molar-refractivity contribution in [2.45, 2.75) is 12.0 Å². The molecule has 2 N–H and O–H groups in total. The minimum atomic E-state index is -1.10. The van der Waals surface area contributed by atoms with Crippen LogP contribution in [-0.4, -0.2) is 55.7 Å². The van der Waals surface area contributed by atoms with E-state index in [1.807, 2.05) is 0 Å². The maximum absolute atomic E-state index is 13.1. The van der Waals surface area contributed by atoms with Crippen LogP contribution >= 0.6 is 0 Å². The molecule has 0 aliphatic carbocycles. The average molecular weight is 402 g/mol. The van der Waals surface area contributed by atoms with Crippen molar-refractivity contribution in [3.63, 3.8) is 0 Å². The second kappa shape index (κ2) is 8.91. The topological polar surface area (TPSA) is 91.1 Å². The van der Waals surface area contributed by atoms with Crippen molar-refractivity contribution in [1.82, 2.24) is 4.90 Å². The Balaban J connectivity index is 1.78. The number of primary amides is 1. The molecule has 0 aromatic heterocycles. The van der Waals surface area contributed by atoms with E-state index in [9.17, 15) is 14.0 Å². The van der Waals surface area contributed by atoms with Gasteiger partial charge in [0.05, 0.1) is 32.2 Å². The molecule has 2 aromatic rings. The van der Waals surface area contributed by atoms with Crippen LogP contribution in [0.4, 0.5) is 4.39 Å². The lowest BCUT2D eigenvalue weighted by atomic mass is 9.97. The molecule has 1 fully saturated rings. The van der Waals surface area contributed by atoms with E-state index in [1.165, 1.54) is 31.4 Å². The number of halogens is 1. The summed E-state index contributed by atoms with van der Waals surface area (Å²) < 4.78 is 30.0. The maximum Gasteiger partial charge on any atom is 0.257 e. The Morgan fingerprint density at radius 1 is 1.21 bits per heavy atom. The van der Waals surface area contributed by atoms with Crippen molar-refractivity contribution < 1.29 is 28.2 Å². The van der Waals surface area contributed by atoms with Crippen LogP contribution in [0.2, 0.25) is 0 Å². The number of carbonyl (C=O) groups excluding carboxylic acids is 2. The Kier molecular flexibility index (Phi) is 6.33. The Labute approximate surface area is 168 Å². The number of rotatable bonds is 7. The molecule has 1 saturated heterocycles. The van der Waals surface area contributed by atoms with E-state index >= 15 is 0 Å². The molecule has 1 heterocycles. The van der Waals surface area contributed by atoms with Gasteiger partial charge in [-0.15, -0.1) is 0 Å². The fourth-order valence-electron chi connectivity index (χ4n) is 3.32. The molecule has 0 bridgehead atoms. The zero-order chi connectivity index (χ0) is 20.9. The predicted molar refractivity (Wildman–Crippen MR) is 103 cm³/mol. The first kappa shape index (κ1) is 20.6. The summed E-state index contributed by atoms with van der Waals surface area (Å²) in [5.74, 6) is -0.300. The van der Waals surface area contributed by atoms with Crippen molar-refractivity contribution in [3.05, 3.63) is 59.9 Å². The lowest BCUT2D eigenvalue weighted by Gasteiger charge is -2.42. The highest BCUT2D eigenvalue weighted by molar-refractivity contribution is 5.97. The first-order valence-corrected chi connectivity index (χ1v) is 9.15. The predicted octanol–water partition coefficient (Wildman–Crippen LogP) is 2.00. The van der Waals surface area contributed by atoms with Crippen molar-refractivity contribution in [2.24, 2.45) is 5.73 Å². The molecule has 2 amide bonds. The number of para-hydroxylation sites is 1. The van der Waals surface area contributed by atoms with Gasteiger partial charge in [0.15, 0.2) is 0 Å². The number of nitrogens with two attached hydrogens (primary N) is 1. The summed E-state index contributed by atoms with van der Waals surface area (Å²) >= 11 is 0. The smallest absolute Gasteiger partial charge is 0.257 e. The quantitative estimate of drug-likeness (QED) is 0.765. The molecule has 7 nitrogen and oxygen atoms in total. The van der Waals surface area contributed by atoms with E-state index in [2.05, 4.69) is 0 Å². The van der Waals surface area contributed by atoms with Gasteiger partial charge in [-0.25, -0.2) is 4.39 Å². The van der Waals surface area contributed by atoms with Gasteiger partial charge < -0.3 is 24.8 Å². The van der Waals surface area contributed by atoms with Crippen LogP contribution in [0.5, 0.6) is 11.5 Å². The van der Waals surface area contributed by atoms with Gasteiger partial charge in [0, 0.05) is 6.54 Å². The van der Waals surface area contributed by atoms with Gasteiger partial charge in [0.1, 0.15) is 29.5 Å². The highest BCUT2D eigenvalue weighted by Crippen LogP contribution is 2.27. The fourth-order valence-corrected chi connectivity index (χ4v) is 3.32. The van der Waals surface area contributed by atoms with Gasteiger partial charge in [0.2, 0.25) is 5.91 Å². The molecule has 2 aromatic carbocycles. The van der Waals surface area contributed by atoms with E-state index in [-0.39, 0.29) is 37.9 Å². The molecule has 3 rings (SSSR count). The van der Waals surface area contributed by atoms with Crippen LogP contribution in [0.15, 0.2) is 48.5 Å². The molecule has 0 saturated carbocycles. The van der Waals surface area contributed by atoms with Crippen LogP contribution in [0, 0.1) is 5.82 Å². The van der Waals surface area contributed by atoms with E-state index in [1.54, 1.807) is 29.2 Å². The molecule has 0 radical (unpaired) electrons. The molecule has 154 valence electrons. The summed E-state index contributed by atoms with van der Waals surface area (Å²) in [5, 5.41) is 0. The number of hydrogen-bond acceptors (Lipinski definition) is 5. The van der Waals surface area contributed by atoms with Gasteiger partial charge in [-0.2, -0.15) is 0 Å². The molecular formula is C21H23FN2O5. The average Bonchev–Trinajstić information content (AvgIpc) is 2.72. The first-order chi connectivity index (χ1) is 13.9. The third-order valence-electron chi connectivity index (χ3n) is 4.68. The third kappa shape index (κ3) is 5.03. The van der Waals surface area contributed by atoms with Crippen molar-refractivity contribution in [2.75, 3.05) is 33.4 Å². The minimum absolute atomic E-state index is 0.0166. The number of morpholine rings is 1. The minimum Gasteiger partial charge on any atom is -0.496 e. The first-order valence-electron chi connectivity index (χ1n) is 9.15. The summed E-state index contributed by atoms with van der Waals surface area (Å²) in [4.78, 5) is 26.3. The summed E-state index contributed by atoms with van der Waals surface area (Å²) in [6.07, 6.45) is -0.121. The largest absolute Gasteiger partial charge is 0.496 e. The summed E-state index contributed by atoms with van der Waals surface area (Å²) in [6.45, 7) is 0.681. The number of methoxy groups -OCH3 is 1. The van der Waals surface area contributed by atoms with E-state index in [4.69, 9.17) is 19.9 Å². The molecule has 1 aliphatic rings. The second-order valence-electron chi connectivity index (χ2n) is 6.84. The molecule has 0 unspecified atom stereocenters. The Bertz CT molecular complexity index is 874. The highest BCUT2D eigenvalue weighted by Gasteiger charge is 2.41. The summed E-state index contributed by atoms with van der Waals surface area (Å²) in [6, 6.07) is 12.4. The standard InChI is InChI=1S/C21H23FN2O5/c1-27-18-5-3-2-4-17(18)20(26)24-10-11-29-21(13-24,12-19(23)25)14-28-16-8-6-15(22)7-9-16/h2-9H,10-14H2,1H3,(H2,23,25)/t21-/m1/s1. The number of nitrogens with zero attached hydrogens (tertiary/aromatic N) is 1. The van der Waals surface area contributed by atoms with Crippen molar-refractivity contribution in [3.8, 4) is 11.5 Å². The lowest BCUT2D eigenvalue weighted by Crippen LogP contribution is -2.58. The van der Waals surface area contributed by atoms with E-state index in [0.717, 1.165) is 0 Å². The fraction of sp³-hybridized carbons (Fsp3) is 0.333. The Morgan fingerprint density at radius 2 is 1.93 bits per heavy atom. The van der Waals surface area contributed by atoms with Crippen molar-refractivity contribution in [1.29, 1.82) is 0 Å². The van der Waals surface area contributed by atoms with E-state index < -0.39 is 11.5 Å². The second-order valence-corrected chi connectivity index (χ2v) is 6.84. The summed E-state index contributed by atoms with van der Waals surface area (Å²) in [5.41, 5.74) is 4.75. The SMILES string of the molecule is COc1ccccc1C(=O)N1CCO[C@](COc2ccc(F)cc2)(CC(N)=O)C1. The van der Waals surface area contributed by atoms with Crippen LogP contribution < -0.4 is 15.2 Å². The van der Waals surface area contributed by atoms with Crippen LogP contribution in [-0.2, 0) is 9.53 Å².